The van der Waals surface area contributed by atoms with Crippen molar-refractivity contribution in [1.82, 2.24) is 0 Å². The number of hydrogen-bond acceptors (Lipinski definition) is 2. The van der Waals surface area contributed by atoms with Crippen molar-refractivity contribution in [2.45, 2.75) is 26.7 Å². The molecule has 0 fully saturated rings. The SMILES string of the molecule is COc1cc(C=O)c(C(C)C)cc1C. The molecule has 0 saturated carbocycles. The van der Waals surface area contributed by atoms with Crippen molar-refractivity contribution >= 4 is 6.29 Å². The number of aryl methyl sites for hydroxylation is 1. The van der Waals surface area contributed by atoms with Crippen LogP contribution in [0.5, 0.6) is 5.75 Å². The van der Waals surface area contributed by atoms with Gasteiger partial charge in [-0.25, -0.2) is 0 Å². The normalized spacial score (nSPS) is 10.4. The van der Waals surface area contributed by atoms with Crippen LogP contribution in [-0.2, 0) is 0 Å². The fourth-order valence-electron chi connectivity index (χ4n) is 1.55. The van der Waals surface area contributed by atoms with E-state index < -0.39 is 0 Å². The molecule has 76 valence electrons. The summed E-state index contributed by atoms with van der Waals surface area (Å²) in [5, 5.41) is 0. The van der Waals surface area contributed by atoms with E-state index in [-0.39, 0.29) is 0 Å². The van der Waals surface area contributed by atoms with Crippen molar-refractivity contribution in [3.8, 4) is 5.75 Å². The Labute approximate surface area is 84.9 Å². The molecular weight excluding hydrogens is 176 g/mol. The van der Waals surface area contributed by atoms with Gasteiger partial charge in [-0.15, -0.1) is 0 Å². The number of rotatable bonds is 3. The van der Waals surface area contributed by atoms with Crippen LogP contribution in [0.25, 0.3) is 0 Å². The number of hydrogen-bond donors (Lipinski definition) is 0. The highest BCUT2D eigenvalue weighted by molar-refractivity contribution is 5.79. The first-order valence-corrected chi connectivity index (χ1v) is 4.73. The molecule has 0 saturated heterocycles. The van der Waals surface area contributed by atoms with E-state index in [1.165, 1.54) is 0 Å². The molecule has 1 aromatic carbocycles. The van der Waals surface area contributed by atoms with E-state index >= 15 is 0 Å². The molecule has 0 unspecified atom stereocenters. The average Bonchev–Trinajstić information content (AvgIpc) is 2.17. The third-order valence-electron chi connectivity index (χ3n) is 2.35. The molecule has 0 bridgehead atoms. The maximum absolute atomic E-state index is 10.9. The second kappa shape index (κ2) is 4.27. The lowest BCUT2D eigenvalue weighted by molar-refractivity contribution is 0.112. The standard InChI is InChI=1S/C12H16O2/c1-8(2)11-5-9(3)12(14-4)6-10(11)7-13/h5-8H,1-4H3. The van der Waals surface area contributed by atoms with Crippen LogP contribution in [0.15, 0.2) is 12.1 Å². The fourth-order valence-corrected chi connectivity index (χ4v) is 1.55. The van der Waals surface area contributed by atoms with Crippen molar-refractivity contribution in [3.63, 3.8) is 0 Å². The van der Waals surface area contributed by atoms with E-state index in [2.05, 4.69) is 13.8 Å². The van der Waals surface area contributed by atoms with Gasteiger partial charge in [0.05, 0.1) is 7.11 Å². The fraction of sp³-hybridized carbons (Fsp3) is 0.417. The summed E-state index contributed by atoms with van der Waals surface area (Å²) in [5.74, 6) is 1.14. The topological polar surface area (TPSA) is 26.3 Å². The number of ether oxygens (including phenoxy) is 1. The van der Waals surface area contributed by atoms with E-state index in [0.717, 1.165) is 28.7 Å². The minimum Gasteiger partial charge on any atom is -0.496 e. The van der Waals surface area contributed by atoms with Crippen LogP contribution in [-0.4, -0.2) is 13.4 Å². The zero-order valence-corrected chi connectivity index (χ0v) is 9.13. The average molecular weight is 192 g/mol. The van der Waals surface area contributed by atoms with E-state index in [9.17, 15) is 4.79 Å². The number of carbonyl (C=O) groups is 1. The van der Waals surface area contributed by atoms with Gasteiger partial charge in [0, 0.05) is 5.56 Å². The minimum atomic E-state index is 0.361. The molecule has 0 spiro atoms. The van der Waals surface area contributed by atoms with Crippen molar-refractivity contribution in [2.75, 3.05) is 7.11 Å². The summed E-state index contributed by atoms with van der Waals surface area (Å²) in [4.78, 5) is 10.9. The van der Waals surface area contributed by atoms with Gasteiger partial charge < -0.3 is 4.74 Å². The highest BCUT2D eigenvalue weighted by atomic mass is 16.5. The molecule has 0 aromatic heterocycles. The van der Waals surface area contributed by atoms with Gasteiger partial charge in [-0.2, -0.15) is 0 Å². The lowest BCUT2D eigenvalue weighted by Crippen LogP contribution is -1.98. The maximum atomic E-state index is 10.9. The van der Waals surface area contributed by atoms with Gasteiger partial charge in [0.25, 0.3) is 0 Å². The maximum Gasteiger partial charge on any atom is 0.150 e. The molecule has 0 aliphatic rings. The summed E-state index contributed by atoms with van der Waals surface area (Å²) >= 11 is 0. The molecule has 0 heterocycles. The largest absolute Gasteiger partial charge is 0.496 e. The lowest BCUT2D eigenvalue weighted by Gasteiger charge is -2.12. The van der Waals surface area contributed by atoms with Gasteiger partial charge >= 0.3 is 0 Å². The van der Waals surface area contributed by atoms with Crippen LogP contribution in [0.2, 0.25) is 0 Å². The van der Waals surface area contributed by atoms with Gasteiger partial charge in [0.15, 0.2) is 0 Å². The first-order chi connectivity index (χ1) is 6.60. The molecule has 0 N–H and O–H groups in total. The number of aldehydes is 1. The first-order valence-electron chi connectivity index (χ1n) is 4.73. The summed E-state index contributed by atoms with van der Waals surface area (Å²) in [5.41, 5.74) is 2.88. The van der Waals surface area contributed by atoms with Crippen LogP contribution >= 0.6 is 0 Å². The summed E-state index contributed by atoms with van der Waals surface area (Å²) < 4.78 is 5.16. The van der Waals surface area contributed by atoms with Crippen LogP contribution in [0.1, 0.15) is 41.3 Å². The third kappa shape index (κ3) is 1.95. The highest BCUT2D eigenvalue weighted by Crippen LogP contribution is 2.26. The van der Waals surface area contributed by atoms with Gasteiger partial charge in [-0.1, -0.05) is 19.9 Å². The predicted octanol–water partition coefficient (Wildman–Crippen LogP) is 2.94. The Kier molecular flexibility index (Phi) is 3.28. The zero-order chi connectivity index (χ0) is 10.7. The Morgan fingerprint density at radius 1 is 1.36 bits per heavy atom. The van der Waals surface area contributed by atoms with Crippen molar-refractivity contribution in [2.24, 2.45) is 0 Å². The molecule has 0 aliphatic heterocycles. The molecule has 1 aromatic rings. The first kappa shape index (κ1) is 10.8. The van der Waals surface area contributed by atoms with E-state index in [0.29, 0.717) is 5.92 Å². The van der Waals surface area contributed by atoms with Gasteiger partial charge in [0.2, 0.25) is 0 Å². The predicted molar refractivity (Wildman–Crippen MR) is 57.2 cm³/mol. The molecular formula is C12H16O2. The van der Waals surface area contributed by atoms with Gasteiger partial charge in [0.1, 0.15) is 12.0 Å². The van der Waals surface area contributed by atoms with Crippen molar-refractivity contribution in [3.05, 3.63) is 28.8 Å². The Morgan fingerprint density at radius 2 is 2.00 bits per heavy atom. The third-order valence-corrected chi connectivity index (χ3v) is 2.35. The molecule has 2 nitrogen and oxygen atoms in total. The Morgan fingerprint density at radius 3 is 2.43 bits per heavy atom. The van der Waals surface area contributed by atoms with Crippen molar-refractivity contribution < 1.29 is 9.53 Å². The molecule has 0 atom stereocenters. The van der Waals surface area contributed by atoms with Crippen LogP contribution in [0, 0.1) is 6.92 Å². The van der Waals surface area contributed by atoms with Crippen LogP contribution in [0.3, 0.4) is 0 Å². The quantitative estimate of drug-likeness (QED) is 0.688. The number of benzene rings is 1. The zero-order valence-electron chi connectivity index (χ0n) is 9.13. The summed E-state index contributed by atoms with van der Waals surface area (Å²) in [6, 6.07) is 3.82. The second-order valence-corrected chi connectivity index (χ2v) is 3.72. The van der Waals surface area contributed by atoms with Crippen molar-refractivity contribution in [1.29, 1.82) is 0 Å². The lowest BCUT2D eigenvalue weighted by atomic mass is 9.95. The van der Waals surface area contributed by atoms with E-state index in [4.69, 9.17) is 4.74 Å². The van der Waals surface area contributed by atoms with Gasteiger partial charge in [-0.3, -0.25) is 4.79 Å². The van der Waals surface area contributed by atoms with Crippen LogP contribution in [0.4, 0.5) is 0 Å². The van der Waals surface area contributed by atoms with E-state index in [1.807, 2.05) is 13.0 Å². The molecule has 0 aliphatic carbocycles. The summed E-state index contributed by atoms with van der Waals surface area (Å²) in [6.07, 6.45) is 0.886. The molecule has 2 heteroatoms. The number of carbonyl (C=O) groups excluding carboxylic acids is 1. The summed E-state index contributed by atoms with van der Waals surface area (Å²) in [7, 11) is 1.62. The molecule has 1 rings (SSSR count). The Bertz CT molecular complexity index is 340. The molecule has 14 heavy (non-hydrogen) atoms. The van der Waals surface area contributed by atoms with Crippen LogP contribution < -0.4 is 4.74 Å². The van der Waals surface area contributed by atoms with E-state index in [1.54, 1.807) is 13.2 Å². The monoisotopic (exact) mass is 192 g/mol. The van der Waals surface area contributed by atoms with Gasteiger partial charge in [-0.05, 0) is 30.0 Å². The Hall–Kier alpha value is -1.31. The molecule has 0 amide bonds. The second-order valence-electron chi connectivity index (χ2n) is 3.72. The highest BCUT2D eigenvalue weighted by Gasteiger charge is 2.09. The summed E-state index contributed by atoms with van der Waals surface area (Å²) in [6.45, 7) is 6.14. The molecule has 0 radical (unpaired) electrons. The smallest absolute Gasteiger partial charge is 0.150 e. The number of methoxy groups -OCH3 is 1. The minimum absolute atomic E-state index is 0.361. The Balaban J connectivity index is 3.31.